The molecule has 5 nitrogen and oxygen atoms in total. The summed E-state index contributed by atoms with van der Waals surface area (Å²) in [6.45, 7) is 1.63. The predicted octanol–water partition coefficient (Wildman–Crippen LogP) is 3.79. The number of carbonyl (C=O) groups is 1. The van der Waals surface area contributed by atoms with Crippen molar-refractivity contribution in [1.29, 1.82) is 0 Å². The lowest BCUT2D eigenvalue weighted by molar-refractivity contribution is -0.136. The maximum Gasteiger partial charge on any atom is 0.418 e. The molecule has 2 aromatic rings. The van der Waals surface area contributed by atoms with E-state index in [4.69, 9.17) is 4.74 Å². The number of fused-ring (bicyclic) bond motifs is 1. The summed E-state index contributed by atoms with van der Waals surface area (Å²) in [7, 11) is 0. The highest BCUT2D eigenvalue weighted by molar-refractivity contribution is 5.97. The number of halogens is 5. The van der Waals surface area contributed by atoms with Gasteiger partial charge in [-0.25, -0.2) is 13.8 Å². The number of ether oxygens (including phenoxy) is 1. The molecule has 10 heteroatoms. The summed E-state index contributed by atoms with van der Waals surface area (Å²) in [6, 6.07) is 3.02. The van der Waals surface area contributed by atoms with E-state index >= 15 is 0 Å². The Balaban J connectivity index is 1.73. The SMILES string of the molecule is O=C(NCC1COCCN1)c1cc(C(F)F)c2cc(C3CC3)cc(C(F)(F)F)c2n1. The van der Waals surface area contributed by atoms with Crippen molar-refractivity contribution >= 4 is 16.8 Å². The first kappa shape index (κ1) is 20.9. The van der Waals surface area contributed by atoms with Crippen molar-refractivity contribution in [1.82, 2.24) is 15.6 Å². The molecule has 1 saturated carbocycles. The Labute approximate surface area is 169 Å². The lowest BCUT2D eigenvalue weighted by Gasteiger charge is -2.24. The number of pyridine rings is 1. The monoisotopic (exact) mass is 429 g/mol. The van der Waals surface area contributed by atoms with Gasteiger partial charge in [-0.1, -0.05) is 0 Å². The van der Waals surface area contributed by atoms with Crippen LogP contribution in [0.25, 0.3) is 10.9 Å². The fourth-order valence-electron chi connectivity index (χ4n) is 3.60. The van der Waals surface area contributed by atoms with Gasteiger partial charge >= 0.3 is 6.18 Å². The lowest BCUT2D eigenvalue weighted by Crippen LogP contribution is -2.48. The van der Waals surface area contributed by atoms with Crippen LogP contribution in [0.4, 0.5) is 22.0 Å². The molecule has 1 aliphatic carbocycles. The van der Waals surface area contributed by atoms with Gasteiger partial charge in [-0.2, -0.15) is 13.2 Å². The van der Waals surface area contributed by atoms with E-state index in [0.29, 0.717) is 25.3 Å². The van der Waals surface area contributed by atoms with Crippen molar-refractivity contribution in [2.24, 2.45) is 0 Å². The highest BCUT2D eigenvalue weighted by Crippen LogP contribution is 2.45. The van der Waals surface area contributed by atoms with E-state index < -0.39 is 40.8 Å². The third-order valence-corrected chi connectivity index (χ3v) is 5.30. The zero-order valence-corrected chi connectivity index (χ0v) is 15.9. The van der Waals surface area contributed by atoms with Crippen LogP contribution in [0.3, 0.4) is 0 Å². The highest BCUT2D eigenvalue weighted by Gasteiger charge is 2.37. The maximum atomic E-state index is 13.7. The molecule has 1 amide bonds. The van der Waals surface area contributed by atoms with Gasteiger partial charge in [0.05, 0.1) is 24.3 Å². The van der Waals surface area contributed by atoms with Crippen LogP contribution in [0.5, 0.6) is 0 Å². The second kappa shape index (κ2) is 8.07. The van der Waals surface area contributed by atoms with Crippen LogP contribution in [0.2, 0.25) is 0 Å². The number of benzene rings is 1. The van der Waals surface area contributed by atoms with Crippen molar-refractivity contribution < 1.29 is 31.5 Å². The van der Waals surface area contributed by atoms with Gasteiger partial charge in [0.1, 0.15) is 5.69 Å². The highest BCUT2D eigenvalue weighted by atomic mass is 19.4. The fraction of sp³-hybridized carbons (Fsp3) is 0.500. The van der Waals surface area contributed by atoms with Crippen LogP contribution < -0.4 is 10.6 Å². The maximum absolute atomic E-state index is 13.7. The first-order valence-corrected chi connectivity index (χ1v) is 9.67. The Bertz CT molecular complexity index is 954. The quantitative estimate of drug-likeness (QED) is 0.710. The molecule has 2 heterocycles. The number of amides is 1. The first-order valence-electron chi connectivity index (χ1n) is 9.67. The van der Waals surface area contributed by atoms with Gasteiger partial charge < -0.3 is 15.4 Å². The summed E-state index contributed by atoms with van der Waals surface area (Å²) in [6.07, 6.45) is -6.39. The van der Waals surface area contributed by atoms with Gasteiger partial charge in [0.25, 0.3) is 12.3 Å². The van der Waals surface area contributed by atoms with Gasteiger partial charge in [-0.3, -0.25) is 4.79 Å². The normalized spacial score (nSPS) is 20.0. The van der Waals surface area contributed by atoms with Crippen LogP contribution >= 0.6 is 0 Å². The summed E-state index contributed by atoms with van der Waals surface area (Å²) in [5, 5.41) is 5.37. The third-order valence-electron chi connectivity index (χ3n) is 5.30. The molecule has 4 rings (SSSR count). The van der Waals surface area contributed by atoms with Crippen molar-refractivity contribution in [2.45, 2.75) is 37.4 Å². The molecular weight excluding hydrogens is 409 g/mol. The molecule has 162 valence electrons. The molecule has 2 N–H and O–H groups in total. The van der Waals surface area contributed by atoms with Crippen LogP contribution in [-0.2, 0) is 10.9 Å². The molecule has 0 spiro atoms. The number of rotatable bonds is 5. The summed E-state index contributed by atoms with van der Waals surface area (Å²) < 4.78 is 73.8. The van der Waals surface area contributed by atoms with Crippen molar-refractivity contribution in [3.63, 3.8) is 0 Å². The molecule has 1 atom stereocenters. The number of morpholine rings is 1. The second-order valence-corrected chi connectivity index (χ2v) is 7.57. The number of nitrogens with one attached hydrogen (secondary N) is 2. The Hall–Kier alpha value is -2.33. The van der Waals surface area contributed by atoms with Crippen molar-refractivity contribution in [3.8, 4) is 0 Å². The van der Waals surface area contributed by atoms with Crippen LogP contribution in [0, 0.1) is 0 Å². The molecule has 0 bridgehead atoms. The zero-order chi connectivity index (χ0) is 21.5. The van der Waals surface area contributed by atoms with E-state index in [1.165, 1.54) is 6.07 Å². The fourth-order valence-corrected chi connectivity index (χ4v) is 3.60. The van der Waals surface area contributed by atoms with E-state index in [1.54, 1.807) is 0 Å². The standard InChI is InChI=1S/C20H20F5N3O2/c21-18(22)14-7-16(19(29)27-8-12-9-30-4-3-26-12)28-17-13(14)5-11(10-1-2-10)6-15(17)20(23,24)25/h5-7,10,12,18,26H,1-4,8-9H2,(H,27,29). The molecular formula is C20H20F5N3O2. The lowest BCUT2D eigenvalue weighted by atomic mass is 9.98. The molecule has 1 aliphatic heterocycles. The minimum atomic E-state index is -4.78. The Morgan fingerprint density at radius 3 is 2.63 bits per heavy atom. The van der Waals surface area contributed by atoms with E-state index in [-0.39, 0.29) is 23.9 Å². The summed E-state index contributed by atoms with van der Waals surface area (Å²) in [5.74, 6) is -0.875. The average molecular weight is 429 g/mol. The van der Waals surface area contributed by atoms with Crippen LogP contribution in [0.15, 0.2) is 18.2 Å². The second-order valence-electron chi connectivity index (χ2n) is 7.57. The zero-order valence-electron chi connectivity index (χ0n) is 15.9. The van der Waals surface area contributed by atoms with Crippen LogP contribution in [-0.4, -0.2) is 43.2 Å². The average Bonchev–Trinajstić information content (AvgIpc) is 3.55. The van der Waals surface area contributed by atoms with Gasteiger partial charge in [0.15, 0.2) is 0 Å². The number of hydrogen-bond acceptors (Lipinski definition) is 4. The molecule has 2 aliphatic rings. The number of alkyl halides is 5. The van der Waals surface area contributed by atoms with E-state index in [0.717, 1.165) is 25.0 Å². The molecule has 1 unspecified atom stereocenters. The predicted molar refractivity (Wildman–Crippen MR) is 98.6 cm³/mol. The van der Waals surface area contributed by atoms with E-state index in [2.05, 4.69) is 15.6 Å². The number of aromatic nitrogens is 1. The molecule has 0 radical (unpaired) electrons. The van der Waals surface area contributed by atoms with Gasteiger partial charge in [0.2, 0.25) is 0 Å². The van der Waals surface area contributed by atoms with Crippen molar-refractivity contribution in [3.05, 3.63) is 40.6 Å². The molecule has 1 aromatic heterocycles. The molecule has 2 fully saturated rings. The van der Waals surface area contributed by atoms with Gasteiger partial charge in [-0.15, -0.1) is 0 Å². The van der Waals surface area contributed by atoms with E-state index in [1.807, 2.05) is 0 Å². The molecule has 1 saturated heterocycles. The summed E-state index contributed by atoms with van der Waals surface area (Å²) >= 11 is 0. The van der Waals surface area contributed by atoms with Crippen LogP contribution in [0.1, 0.15) is 52.4 Å². The summed E-state index contributed by atoms with van der Waals surface area (Å²) in [5.41, 5.74) is -2.45. The van der Waals surface area contributed by atoms with Crippen molar-refractivity contribution in [2.75, 3.05) is 26.3 Å². The minimum Gasteiger partial charge on any atom is -0.378 e. The van der Waals surface area contributed by atoms with Gasteiger partial charge in [0, 0.05) is 30.1 Å². The number of hydrogen-bond donors (Lipinski definition) is 2. The Morgan fingerprint density at radius 1 is 1.27 bits per heavy atom. The Kier molecular flexibility index (Phi) is 5.63. The molecule has 1 aromatic carbocycles. The topological polar surface area (TPSA) is 63.2 Å². The number of carbonyl (C=O) groups excluding carboxylic acids is 1. The van der Waals surface area contributed by atoms with Gasteiger partial charge in [-0.05, 0) is 42.5 Å². The summed E-state index contributed by atoms with van der Waals surface area (Å²) in [4.78, 5) is 16.3. The molecule has 30 heavy (non-hydrogen) atoms. The Morgan fingerprint density at radius 2 is 2.03 bits per heavy atom. The first-order chi connectivity index (χ1) is 14.2. The third kappa shape index (κ3) is 4.39. The smallest absolute Gasteiger partial charge is 0.378 e. The largest absolute Gasteiger partial charge is 0.418 e. The minimum absolute atomic E-state index is 0.0609. The van der Waals surface area contributed by atoms with E-state index in [9.17, 15) is 26.7 Å². The number of nitrogens with zero attached hydrogens (tertiary/aromatic N) is 1.